The molecule has 1 unspecified atom stereocenters. The Balaban J connectivity index is 2.50. The van der Waals surface area contributed by atoms with E-state index in [2.05, 4.69) is 10.6 Å². The number of aliphatic hydroxyl groups is 1. The minimum atomic E-state index is -0.460. The zero-order valence-electron chi connectivity index (χ0n) is 7.41. The van der Waals surface area contributed by atoms with Crippen molar-refractivity contribution in [2.45, 2.75) is 6.04 Å². The fourth-order valence-corrected chi connectivity index (χ4v) is 1.19. The molecule has 6 heteroatoms. The van der Waals surface area contributed by atoms with Crippen LogP contribution in [0.3, 0.4) is 0 Å². The maximum Gasteiger partial charge on any atom is 0.321 e. The van der Waals surface area contributed by atoms with Crippen molar-refractivity contribution in [2.24, 2.45) is 0 Å². The van der Waals surface area contributed by atoms with Crippen molar-refractivity contribution >= 4 is 11.9 Å². The maximum atomic E-state index is 11.2. The Morgan fingerprint density at radius 1 is 1.62 bits per heavy atom. The quantitative estimate of drug-likeness (QED) is 0.483. The molecule has 0 aliphatic carbocycles. The molecular formula is C7H13N3O3. The lowest BCUT2D eigenvalue weighted by atomic mass is 10.2. The van der Waals surface area contributed by atoms with E-state index in [4.69, 9.17) is 5.11 Å². The number of carbonyl (C=O) groups excluding carboxylic acids is 2. The van der Waals surface area contributed by atoms with E-state index in [1.807, 2.05) is 0 Å². The number of aliphatic hydroxyl groups excluding tert-OH is 1. The standard InChI is InChI=1S/C7H13N3O3/c1-10(2-3-11)5-4-8-7(13)9-6(5)12/h5,11H,2-4H2,1H3,(H2,8,9,12,13). The molecule has 0 radical (unpaired) electrons. The summed E-state index contributed by atoms with van der Waals surface area (Å²) in [5.41, 5.74) is 0. The molecule has 3 N–H and O–H groups in total. The van der Waals surface area contributed by atoms with Crippen LogP contribution >= 0.6 is 0 Å². The minimum absolute atomic E-state index is 0.00573. The van der Waals surface area contributed by atoms with Gasteiger partial charge in [-0.25, -0.2) is 4.79 Å². The zero-order chi connectivity index (χ0) is 9.84. The Morgan fingerprint density at radius 3 is 2.85 bits per heavy atom. The van der Waals surface area contributed by atoms with Gasteiger partial charge >= 0.3 is 6.03 Å². The van der Waals surface area contributed by atoms with Gasteiger partial charge in [0.2, 0.25) is 5.91 Å². The van der Waals surface area contributed by atoms with E-state index in [0.717, 1.165) is 0 Å². The highest BCUT2D eigenvalue weighted by atomic mass is 16.3. The molecule has 1 atom stereocenters. The van der Waals surface area contributed by atoms with Gasteiger partial charge in [-0.2, -0.15) is 0 Å². The molecule has 6 nitrogen and oxygen atoms in total. The highest BCUT2D eigenvalue weighted by Gasteiger charge is 2.28. The molecule has 0 aromatic heterocycles. The minimum Gasteiger partial charge on any atom is -0.395 e. The van der Waals surface area contributed by atoms with Gasteiger partial charge in [-0.05, 0) is 7.05 Å². The van der Waals surface area contributed by atoms with E-state index < -0.39 is 6.03 Å². The summed E-state index contributed by atoms with van der Waals surface area (Å²) in [6, 6.07) is -0.844. The first-order chi connectivity index (χ1) is 6.15. The molecule has 0 bridgehead atoms. The summed E-state index contributed by atoms with van der Waals surface area (Å²) in [6.45, 7) is 0.698. The van der Waals surface area contributed by atoms with Crippen LogP contribution in [0.2, 0.25) is 0 Å². The van der Waals surface area contributed by atoms with Crippen LogP contribution in [-0.2, 0) is 4.79 Å². The summed E-state index contributed by atoms with van der Waals surface area (Å²) in [4.78, 5) is 23.6. The molecule has 1 heterocycles. The molecular weight excluding hydrogens is 174 g/mol. The van der Waals surface area contributed by atoms with E-state index in [9.17, 15) is 9.59 Å². The molecule has 1 aliphatic rings. The van der Waals surface area contributed by atoms with Gasteiger partial charge < -0.3 is 10.4 Å². The molecule has 0 saturated carbocycles. The summed E-state index contributed by atoms with van der Waals surface area (Å²) in [6.07, 6.45) is 0. The molecule has 0 aromatic rings. The van der Waals surface area contributed by atoms with Gasteiger partial charge in [0.25, 0.3) is 0 Å². The fourth-order valence-electron chi connectivity index (χ4n) is 1.19. The summed E-state index contributed by atoms with van der Waals surface area (Å²) in [5, 5.41) is 13.3. The van der Waals surface area contributed by atoms with Crippen LogP contribution in [0.5, 0.6) is 0 Å². The highest BCUT2D eigenvalue weighted by Crippen LogP contribution is 1.98. The molecule has 1 fully saturated rings. The first-order valence-corrected chi connectivity index (χ1v) is 4.05. The average Bonchev–Trinajstić information content (AvgIpc) is 2.04. The van der Waals surface area contributed by atoms with Gasteiger partial charge in [0.15, 0.2) is 0 Å². The molecule has 3 amide bonds. The Morgan fingerprint density at radius 2 is 2.31 bits per heavy atom. The Kier molecular flexibility index (Phi) is 3.21. The number of rotatable bonds is 3. The van der Waals surface area contributed by atoms with Crippen LogP contribution in [0, 0.1) is 0 Å². The lowest BCUT2D eigenvalue weighted by Gasteiger charge is -2.29. The monoisotopic (exact) mass is 187 g/mol. The summed E-state index contributed by atoms with van der Waals surface area (Å²) in [7, 11) is 1.72. The molecule has 0 aromatic carbocycles. The van der Waals surface area contributed by atoms with Crippen LogP contribution in [0.1, 0.15) is 0 Å². The van der Waals surface area contributed by atoms with Crippen molar-refractivity contribution in [3.05, 3.63) is 0 Å². The molecule has 74 valence electrons. The van der Waals surface area contributed by atoms with E-state index in [0.29, 0.717) is 13.1 Å². The predicted octanol–water partition coefficient (Wildman–Crippen LogP) is -1.88. The van der Waals surface area contributed by atoms with Gasteiger partial charge in [-0.1, -0.05) is 0 Å². The number of amides is 3. The zero-order valence-corrected chi connectivity index (χ0v) is 7.41. The Bertz CT molecular complexity index is 219. The van der Waals surface area contributed by atoms with E-state index in [-0.39, 0.29) is 18.6 Å². The molecule has 13 heavy (non-hydrogen) atoms. The second-order valence-electron chi connectivity index (χ2n) is 2.92. The van der Waals surface area contributed by atoms with Crippen LogP contribution in [0.15, 0.2) is 0 Å². The third kappa shape index (κ3) is 2.40. The number of hydrogen-bond donors (Lipinski definition) is 3. The number of likely N-dealkylation sites (N-methyl/N-ethyl adjacent to an activating group) is 1. The number of nitrogens with one attached hydrogen (secondary N) is 2. The van der Waals surface area contributed by atoms with Gasteiger partial charge in [0, 0.05) is 13.1 Å². The number of urea groups is 1. The first-order valence-electron chi connectivity index (χ1n) is 4.05. The van der Waals surface area contributed by atoms with E-state index >= 15 is 0 Å². The van der Waals surface area contributed by atoms with E-state index in [1.54, 1.807) is 11.9 Å². The first kappa shape index (κ1) is 9.94. The number of nitrogens with zero attached hydrogens (tertiary/aromatic N) is 1. The summed E-state index contributed by atoms with van der Waals surface area (Å²) >= 11 is 0. The van der Waals surface area contributed by atoms with Crippen molar-refractivity contribution in [1.29, 1.82) is 0 Å². The number of carbonyl (C=O) groups is 2. The maximum absolute atomic E-state index is 11.2. The van der Waals surface area contributed by atoms with Crippen molar-refractivity contribution in [3.63, 3.8) is 0 Å². The average molecular weight is 187 g/mol. The van der Waals surface area contributed by atoms with Gasteiger partial charge in [0.1, 0.15) is 6.04 Å². The SMILES string of the molecule is CN(CCO)C1CNC(=O)NC1=O. The smallest absolute Gasteiger partial charge is 0.321 e. The van der Waals surface area contributed by atoms with Crippen LogP contribution < -0.4 is 10.6 Å². The largest absolute Gasteiger partial charge is 0.395 e. The molecule has 1 rings (SSSR count). The topological polar surface area (TPSA) is 81.7 Å². The highest BCUT2D eigenvalue weighted by molar-refractivity contribution is 5.99. The lowest BCUT2D eigenvalue weighted by Crippen LogP contribution is -2.60. The number of hydrogen-bond acceptors (Lipinski definition) is 4. The fraction of sp³-hybridized carbons (Fsp3) is 0.714. The van der Waals surface area contributed by atoms with Crippen LogP contribution in [0.25, 0.3) is 0 Å². The van der Waals surface area contributed by atoms with Crippen molar-refractivity contribution < 1.29 is 14.7 Å². The third-order valence-corrected chi connectivity index (χ3v) is 1.98. The summed E-state index contributed by atoms with van der Waals surface area (Å²) in [5.74, 6) is -0.320. The molecule has 0 spiro atoms. The summed E-state index contributed by atoms with van der Waals surface area (Å²) < 4.78 is 0. The predicted molar refractivity (Wildman–Crippen MR) is 45.0 cm³/mol. The van der Waals surface area contributed by atoms with Crippen molar-refractivity contribution in [3.8, 4) is 0 Å². The molecule has 1 saturated heterocycles. The Labute approximate surface area is 75.9 Å². The molecule has 1 aliphatic heterocycles. The van der Waals surface area contributed by atoms with Gasteiger partial charge in [-0.15, -0.1) is 0 Å². The number of imide groups is 1. The lowest BCUT2D eigenvalue weighted by molar-refractivity contribution is -0.125. The normalized spacial score (nSPS) is 22.8. The van der Waals surface area contributed by atoms with Gasteiger partial charge in [-0.3, -0.25) is 15.0 Å². The second-order valence-corrected chi connectivity index (χ2v) is 2.92. The van der Waals surface area contributed by atoms with Crippen molar-refractivity contribution in [2.75, 3.05) is 26.7 Å². The van der Waals surface area contributed by atoms with Crippen LogP contribution in [0.4, 0.5) is 4.79 Å². The second kappa shape index (κ2) is 4.20. The van der Waals surface area contributed by atoms with E-state index in [1.165, 1.54) is 0 Å². The third-order valence-electron chi connectivity index (χ3n) is 1.98. The Hall–Kier alpha value is -1.14. The van der Waals surface area contributed by atoms with Gasteiger partial charge in [0.05, 0.1) is 6.61 Å². The van der Waals surface area contributed by atoms with Crippen molar-refractivity contribution in [1.82, 2.24) is 15.5 Å². The van der Waals surface area contributed by atoms with Crippen LogP contribution in [-0.4, -0.2) is 54.7 Å².